The number of hydrogen-bond donors (Lipinski definition) is 1. The van der Waals surface area contributed by atoms with Crippen molar-refractivity contribution >= 4 is 10.4 Å². The van der Waals surface area contributed by atoms with Crippen LogP contribution in [0.25, 0.3) is 0 Å². The van der Waals surface area contributed by atoms with Gasteiger partial charge in [0.15, 0.2) is 0 Å². The van der Waals surface area contributed by atoms with E-state index < -0.39 is 10.4 Å². The molecule has 0 bridgehead atoms. The van der Waals surface area contributed by atoms with E-state index in [2.05, 4.69) is 13.8 Å². The second kappa shape index (κ2) is 25.9. The van der Waals surface area contributed by atoms with Gasteiger partial charge in [-0.05, 0) is 18.8 Å². The molecule has 0 saturated heterocycles. The van der Waals surface area contributed by atoms with Crippen molar-refractivity contribution in [2.45, 2.75) is 174 Å². The van der Waals surface area contributed by atoms with Crippen molar-refractivity contribution in [3.05, 3.63) is 0 Å². The number of unbranched alkanes of at least 4 members (excludes halogenated alkanes) is 21. The fourth-order valence-electron chi connectivity index (χ4n) is 4.86. The highest BCUT2D eigenvalue weighted by molar-refractivity contribution is 7.80. The first-order valence-corrected chi connectivity index (χ1v) is 16.5. The van der Waals surface area contributed by atoms with Gasteiger partial charge in [-0.15, -0.1) is 0 Å². The van der Waals surface area contributed by atoms with E-state index in [9.17, 15) is 8.42 Å². The highest BCUT2D eigenvalue weighted by Crippen LogP contribution is 2.21. The van der Waals surface area contributed by atoms with Crippen LogP contribution in [0, 0.1) is 5.92 Å². The molecule has 1 unspecified atom stereocenters. The van der Waals surface area contributed by atoms with E-state index in [1.807, 2.05) is 0 Å². The van der Waals surface area contributed by atoms with Crippen LogP contribution in [-0.4, -0.2) is 19.6 Å². The molecule has 0 aliphatic heterocycles. The Morgan fingerprint density at radius 3 is 1.03 bits per heavy atom. The molecule has 0 rings (SSSR count). The predicted octanol–water partition coefficient (Wildman–Crippen LogP) is 10.2. The third kappa shape index (κ3) is 28.1. The molecule has 5 heteroatoms. The van der Waals surface area contributed by atoms with Crippen LogP contribution >= 0.6 is 0 Å². The Morgan fingerprint density at radius 1 is 0.500 bits per heavy atom. The Kier molecular flexibility index (Phi) is 25.8. The lowest BCUT2D eigenvalue weighted by Crippen LogP contribution is -2.14. The van der Waals surface area contributed by atoms with Crippen molar-refractivity contribution in [3.63, 3.8) is 0 Å². The molecular formula is C29H60O4S. The maximum absolute atomic E-state index is 11.0. The zero-order valence-corrected chi connectivity index (χ0v) is 23.9. The molecule has 0 heterocycles. The Bertz CT molecular complexity index is 492. The molecule has 0 aliphatic rings. The van der Waals surface area contributed by atoms with Crippen LogP contribution in [0.15, 0.2) is 0 Å². The first-order chi connectivity index (χ1) is 16.5. The summed E-state index contributed by atoms with van der Waals surface area (Å²) in [7, 11) is -4.33. The molecule has 0 aromatic heterocycles. The van der Waals surface area contributed by atoms with E-state index in [1.165, 1.54) is 135 Å². The zero-order chi connectivity index (χ0) is 25.2. The van der Waals surface area contributed by atoms with E-state index in [0.717, 1.165) is 25.7 Å². The van der Waals surface area contributed by atoms with Crippen LogP contribution in [0.3, 0.4) is 0 Å². The molecule has 0 saturated carbocycles. The SMILES string of the molecule is CCCCCCCCCCCCCCCC(CCCCCCCCCCCC)COS(=O)(=O)O. The lowest BCUT2D eigenvalue weighted by molar-refractivity contribution is 0.204. The summed E-state index contributed by atoms with van der Waals surface area (Å²) < 4.78 is 35.7. The van der Waals surface area contributed by atoms with E-state index in [4.69, 9.17) is 8.74 Å². The number of rotatable bonds is 28. The molecule has 0 spiro atoms. The fourth-order valence-corrected chi connectivity index (χ4v) is 5.23. The van der Waals surface area contributed by atoms with Gasteiger partial charge in [0.2, 0.25) is 0 Å². The Hall–Kier alpha value is -0.130. The highest BCUT2D eigenvalue weighted by Gasteiger charge is 2.13. The van der Waals surface area contributed by atoms with Crippen LogP contribution in [0.4, 0.5) is 0 Å². The lowest BCUT2D eigenvalue weighted by atomic mass is 9.94. The third-order valence-electron chi connectivity index (χ3n) is 7.13. The molecule has 1 N–H and O–H groups in total. The van der Waals surface area contributed by atoms with Crippen LogP contribution in [0.5, 0.6) is 0 Å². The molecule has 0 aromatic rings. The van der Waals surface area contributed by atoms with Gasteiger partial charge in [0.05, 0.1) is 6.61 Å². The summed E-state index contributed by atoms with van der Waals surface area (Å²) >= 11 is 0. The van der Waals surface area contributed by atoms with Crippen LogP contribution in [0.2, 0.25) is 0 Å². The maximum Gasteiger partial charge on any atom is 0.397 e. The van der Waals surface area contributed by atoms with Crippen molar-refractivity contribution in [1.29, 1.82) is 0 Å². The summed E-state index contributed by atoms with van der Waals surface area (Å²) in [6.45, 7) is 4.66. The van der Waals surface area contributed by atoms with Crippen LogP contribution in [0.1, 0.15) is 174 Å². The van der Waals surface area contributed by atoms with Crippen molar-refractivity contribution in [2.24, 2.45) is 5.92 Å². The normalized spacial score (nSPS) is 12.9. The van der Waals surface area contributed by atoms with E-state index in [0.29, 0.717) is 0 Å². The quantitative estimate of drug-likeness (QED) is 0.0850. The van der Waals surface area contributed by atoms with Gasteiger partial charge >= 0.3 is 10.4 Å². The van der Waals surface area contributed by atoms with Gasteiger partial charge in [0, 0.05) is 0 Å². The average Bonchev–Trinajstić information content (AvgIpc) is 2.80. The van der Waals surface area contributed by atoms with Crippen LogP contribution < -0.4 is 0 Å². The summed E-state index contributed by atoms with van der Waals surface area (Å²) in [6, 6.07) is 0. The molecular weight excluding hydrogens is 444 g/mol. The first-order valence-electron chi connectivity index (χ1n) is 15.1. The topological polar surface area (TPSA) is 63.6 Å². The lowest BCUT2D eigenvalue weighted by Gasteiger charge is -2.16. The van der Waals surface area contributed by atoms with Gasteiger partial charge in [0.1, 0.15) is 0 Å². The summed E-state index contributed by atoms with van der Waals surface area (Å²) in [6.07, 6.45) is 32.5. The second-order valence-electron chi connectivity index (χ2n) is 10.6. The summed E-state index contributed by atoms with van der Waals surface area (Å²) in [4.78, 5) is 0. The largest absolute Gasteiger partial charge is 0.397 e. The van der Waals surface area contributed by atoms with Gasteiger partial charge in [-0.3, -0.25) is 4.55 Å². The fraction of sp³-hybridized carbons (Fsp3) is 1.00. The van der Waals surface area contributed by atoms with E-state index >= 15 is 0 Å². The minimum atomic E-state index is -4.33. The highest BCUT2D eigenvalue weighted by atomic mass is 32.3. The smallest absolute Gasteiger partial charge is 0.264 e. The summed E-state index contributed by atoms with van der Waals surface area (Å²) in [5.74, 6) is 0.240. The van der Waals surface area contributed by atoms with Crippen molar-refractivity contribution in [1.82, 2.24) is 0 Å². The standard InChI is InChI=1S/C29H60O4S/c1-3-5-7-9-11-13-15-16-17-19-21-23-25-27-29(28-33-34(30,31)32)26-24-22-20-18-14-12-10-8-6-4-2/h29H,3-28H2,1-2H3,(H,30,31,32). The molecule has 34 heavy (non-hydrogen) atoms. The van der Waals surface area contributed by atoms with Gasteiger partial charge in [-0.1, -0.05) is 162 Å². The third-order valence-corrected chi connectivity index (χ3v) is 7.57. The minimum Gasteiger partial charge on any atom is -0.264 e. The molecule has 0 fully saturated rings. The van der Waals surface area contributed by atoms with E-state index in [-0.39, 0.29) is 12.5 Å². The maximum atomic E-state index is 11.0. The molecule has 0 aliphatic carbocycles. The van der Waals surface area contributed by atoms with Crippen molar-refractivity contribution in [2.75, 3.05) is 6.61 Å². The Morgan fingerprint density at radius 2 is 0.765 bits per heavy atom. The predicted molar refractivity (Wildman–Crippen MR) is 148 cm³/mol. The summed E-state index contributed by atoms with van der Waals surface area (Å²) in [5, 5.41) is 0. The molecule has 206 valence electrons. The van der Waals surface area contributed by atoms with E-state index in [1.54, 1.807) is 0 Å². The Labute approximate surface area is 214 Å². The minimum absolute atomic E-state index is 0.133. The average molecular weight is 505 g/mol. The zero-order valence-electron chi connectivity index (χ0n) is 23.0. The molecule has 0 aromatic carbocycles. The monoisotopic (exact) mass is 504 g/mol. The summed E-state index contributed by atoms with van der Waals surface area (Å²) in [5.41, 5.74) is 0. The van der Waals surface area contributed by atoms with Crippen molar-refractivity contribution < 1.29 is 17.2 Å². The van der Waals surface area contributed by atoms with Gasteiger partial charge in [-0.2, -0.15) is 8.42 Å². The van der Waals surface area contributed by atoms with Gasteiger partial charge in [0.25, 0.3) is 0 Å². The molecule has 1 atom stereocenters. The Balaban J connectivity index is 3.73. The second-order valence-corrected chi connectivity index (χ2v) is 11.7. The van der Waals surface area contributed by atoms with Gasteiger partial charge < -0.3 is 0 Å². The molecule has 4 nitrogen and oxygen atoms in total. The van der Waals surface area contributed by atoms with Crippen molar-refractivity contribution in [3.8, 4) is 0 Å². The van der Waals surface area contributed by atoms with Crippen LogP contribution in [-0.2, 0) is 14.6 Å². The first kappa shape index (κ1) is 33.9. The number of hydrogen-bond acceptors (Lipinski definition) is 3. The van der Waals surface area contributed by atoms with Gasteiger partial charge in [-0.25, -0.2) is 4.18 Å². The molecule has 0 amide bonds. The molecule has 0 radical (unpaired) electrons.